The molecule has 27 heavy (non-hydrogen) atoms. The van der Waals surface area contributed by atoms with E-state index in [4.69, 9.17) is 14.0 Å². The Morgan fingerprint density at radius 2 is 2.22 bits per heavy atom. The van der Waals surface area contributed by atoms with E-state index in [-0.39, 0.29) is 24.0 Å². The number of benzene rings is 1. The van der Waals surface area contributed by atoms with E-state index in [2.05, 4.69) is 16.5 Å². The predicted molar refractivity (Wildman–Crippen MR) is 93.2 cm³/mol. The molecule has 4 atom stereocenters. The zero-order chi connectivity index (χ0) is 18.4. The van der Waals surface area contributed by atoms with Gasteiger partial charge in [0, 0.05) is 36.2 Å². The summed E-state index contributed by atoms with van der Waals surface area (Å²) in [5.74, 6) is 0.840. The second-order valence-electron chi connectivity index (χ2n) is 7.20. The predicted octanol–water partition coefficient (Wildman–Crippen LogP) is 1.69. The maximum Gasteiger partial charge on any atom is 0.414 e. The van der Waals surface area contributed by atoms with Gasteiger partial charge in [-0.2, -0.15) is 5.26 Å². The number of nitriles is 1. The Balaban J connectivity index is 1.27. The molecule has 0 spiro atoms. The van der Waals surface area contributed by atoms with Crippen molar-refractivity contribution in [1.29, 1.82) is 5.26 Å². The van der Waals surface area contributed by atoms with Gasteiger partial charge in [-0.25, -0.2) is 4.79 Å². The molecule has 1 amide bonds. The zero-order valence-corrected chi connectivity index (χ0v) is 14.5. The molecule has 2 aromatic rings. The highest BCUT2D eigenvalue weighted by molar-refractivity contribution is 5.89. The third kappa shape index (κ3) is 2.46. The number of hydrogen-bond acceptors (Lipinski definition) is 7. The summed E-state index contributed by atoms with van der Waals surface area (Å²) >= 11 is 0. The molecule has 0 radical (unpaired) electrons. The van der Waals surface area contributed by atoms with E-state index >= 15 is 0 Å². The van der Waals surface area contributed by atoms with Crippen LogP contribution in [0.25, 0.3) is 0 Å². The van der Waals surface area contributed by atoms with Gasteiger partial charge in [-0.3, -0.25) is 4.90 Å². The van der Waals surface area contributed by atoms with Gasteiger partial charge in [0.15, 0.2) is 6.10 Å². The fourth-order valence-corrected chi connectivity index (χ4v) is 4.42. The van der Waals surface area contributed by atoms with Crippen LogP contribution in [0.1, 0.15) is 5.56 Å². The number of amides is 1. The maximum atomic E-state index is 12.2. The van der Waals surface area contributed by atoms with Crippen molar-refractivity contribution in [3.8, 4) is 11.9 Å². The third-order valence-electron chi connectivity index (χ3n) is 5.85. The fourth-order valence-electron chi connectivity index (χ4n) is 4.42. The molecule has 0 unspecified atom stereocenters. The second kappa shape index (κ2) is 5.99. The summed E-state index contributed by atoms with van der Waals surface area (Å²) in [7, 11) is 0. The summed E-state index contributed by atoms with van der Waals surface area (Å²) in [5.41, 5.74) is 1.87. The number of nitrogens with zero attached hydrogens (tertiary/aromatic N) is 3. The first-order valence-corrected chi connectivity index (χ1v) is 8.94. The highest BCUT2D eigenvalue weighted by Crippen LogP contribution is 2.61. The van der Waals surface area contributed by atoms with Crippen LogP contribution in [0, 0.1) is 23.2 Å². The third-order valence-corrected chi connectivity index (χ3v) is 5.85. The Morgan fingerprint density at radius 1 is 1.37 bits per heavy atom. The molecular weight excluding hydrogens is 348 g/mol. The SMILES string of the molecule is N#C[C@@H]1[C@@H]2CNC[C@]12c1ccc(N2C[C@H](COc3ccon3)OC2=O)cc1. The number of anilines is 1. The van der Waals surface area contributed by atoms with Gasteiger partial charge >= 0.3 is 6.09 Å². The number of rotatable bonds is 5. The van der Waals surface area contributed by atoms with Crippen molar-refractivity contribution >= 4 is 11.8 Å². The molecule has 2 aliphatic heterocycles. The minimum atomic E-state index is -0.392. The number of carbonyl (C=O) groups excluding carboxylic acids is 1. The molecule has 0 bridgehead atoms. The van der Waals surface area contributed by atoms with Gasteiger partial charge in [0.1, 0.15) is 12.9 Å². The molecule has 3 fully saturated rings. The van der Waals surface area contributed by atoms with E-state index in [0.717, 1.165) is 24.3 Å². The monoisotopic (exact) mass is 366 g/mol. The quantitative estimate of drug-likeness (QED) is 0.859. The lowest BCUT2D eigenvalue weighted by Crippen LogP contribution is -2.27. The number of nitrogens with one attached hydrogen (secondary N) is 1. The molecule has 1 aromatic carbocycles. The summed E-state index contributed by atoms with van der Waals surface area (Å²) in [6, 6.07) is 11.9. The van der Waals surface area contributed by atoms with Crippen molar-refractivity contribution in [1.82, 2.24) is 10.5 Å². The Morgan fingerprint density at radius 3 is 2.93 bits per heavy atom. The number of cyclic esters (lactones) is 1. The summed E-state index contributed by atoms with van der Waals surface area (Å²) in [5, 5.41) is 16.4. The standard InChI is InChI=1S/C19H18N4O4/c20-7-15-16-8-21-11-19(15,16)12-1-3-13(4-2-12)23-9-14(27-18(23)24)10-25-17-5-6-26-22-17/h1-6,14-16,21H,8-11H2/t14-,15-,16+,19+/m1/s1. The van der Waals surface area contributed by atoms with Crippen molar-refractivity contribution in [2.24, 2.45) is 11.8 Å². The van der Waals surface area contributed by atoms with Gasteiger partial charge in [0.2, 0.25) is 0 Å². The summed E-state index contributed by atoms with van der Waals surface area (Å²) in [6.07, 6.45) is 0.656. The van der Waals surface area contributed by atoms with Gasteiger partial charge in [-0.1, -0.05) is 12.1 Å². The molecule has 5 rings (SSSR count). The van der Waals surface area contributed by atoms with Crippen LogP contribution in [-0.4, -0.2) is 43.6 Å². The molecule has 8 heteroatoms. The number of piperidine rings is 1. The van der Waals surface area contributed by atoms with E-state index in [9.17, 15) is 10.1 Å². The van der Waals surface area contributed by atoms with Crippen LogP contribution in [0.3, 0.4) is 0 Å². The molecular formula is C19H18N4O4. The molecule has 1 aromatic heterocycles. The first-order chi connectivity index (χ1) is 13.2. The average molecular weight is 366 g/mol. The molecule has 138 valence electrons. The van der Waals surface area contributed by atoms with Crippen LogP contribution in [0.4, 0.5) is 10.5 Å². The average Bonchev–Trinajstić information content (AvgIpc) is 3.19. The van der Waals surface area contributed by atoms with Crippen LogP contribution in [0.15, 0.2) is 41.1 Å². The van der Waals surface area contributed by atoms with Gasteiger partial charge in [0.05, 0.1) is 18.5 Å². The molecule has 8 nitrogen and oxygen atoms in total. The number of ether oxygens (including phenoxy) is 2. The number of carbonyl (C=O) groups is 1. The number of hydrogen-bond donors (Lipinski definition) is 1. The smallest absolute Gasteiger partial charge is 0.414 e. The molecule has 3 heterocycles. The van der Waals surface area contributed by atoms with E-state index < -0.39 is 6.09 Å². The second-order valence-corrected chi connectivity index (χ2v) is 7.20. The molecule has 1 aliphatic carbocycles. The van der Waals surface area contributed by atoms with Gasteiger partial charge in [0.25, 0.3) is 5.88 Å². The van der Waals surface area contributed by atoms with E-state index in [1.54, 1.807) is 11.0 Å². The highest BCUT2D eigenvalue weighted by Gasteiger charge is 2.68. The van der Waals surface area contributed by atoms with E-state index in [1.165, 1.54) is 6.26 Å². The summed E-state index contributed by atoms with van der Waals surface area (Å²) < 4.78 is 15.5. The topological polar surface area (TPSA) is 101 Å². The lowest BCUT2D eigenvalue weighted by molar-refractivity contribution is 0.102. The van der Waals surface area contributed by atoms with Crippen LogP contribution >= 0.6 is 0 Å². The summed E-state index contributed by atoms with van der Waals surface area (Å²) in [4.78, 5) is 13.8. The lowest BCUT2D eigenvalue weighted by atomic mass is 9.93. The minimum absolute atomic E-state index is 0.0627. The van der Waals surface area contributed by atoms with Gasteiger partial charge in [-0.05, 0) is 22.9 Å². The maximum absolute atomic E-state index is 12.2. The molecule has 2 saturated heterocycles. The van der Waals surface area contributed by atoms with Gasteiger partial charge < -0.3 is 19.3 Å². The fraction of sp³-hybridized carbons (Fsp3) is 0.421. The van der Waals surface area contributed by atoms with Crippen LogP contribution < -0.4 is 15.0 Å². The highest BCUT2D eigenvalue weighted by atomic mass is 16.6. The number of aromatic nitrogens is 1. The Labute approximate surface area is 155 Å². The largest absolute Gasteiger partial charge is 0.471 e. The summed E-state index contributed by atoms with van der Waals surface area (Å²) in [6.45, 7) is 2.35. The van der Waals surface area contributed by atoms with E-state index in [0.29, 0.717) is 18.3 Å². The van der Waals surface area contributed by atoms with Crippen LogP contribution in [0.2, 0.25) is 0 Å². The first-order valence-electron chi connectivity index (χ1n) is 8.94. The Kier molecular flexibility index (Phi) is 3.58. The first kappa shape index (κ1) is 16.1. The van der Waals surface area contributed by atoms with Gasteiger partial charge in [-0.15, -0.1) is 0 Å². The number of fused-ring (bicyclic) bond motifs is 1. The Hall–Kier alpha value is -3.05. The van der Waals surface area contributed by atoms with E-state index in [1.807, 2.05) is 24.3 Å². The molecule has 1 saturated carbocycles. The van der Waals surface area contributed by atoms with Crippen LogP contribution in [0.5, 0.6) is 5.88 Å². The minimum Gasteiger partial charge on any atom is -0.471 e. The lowest BCUT2D eigenvalue weighted by Gasteiger charge is -2.17. The van der Waals surface area contributed by atoms with Crippen molar-refractivity contribution in [3.63, 3.8) is 0 Å². The van der Waals surface area contributed by atoms with Crippen molar-refractivity contribution < 1.29 is 18.8 Å². The molecule has 3 aliphatic rings. The molecule has 1 N–H and O–H groups in total. The Bertz CT molecular complexity index is 891. The normalized spacial score (nSPS) is 31.3. The van der Waals surface area contributed by atoms with Crippen molar-refractivity contribution in [2.75, 3.05) is 31.1 Å². The van der Waals surface area contributed by atoms with Crippen LogP contribution in [-0.2, 0) is 10.2 Å². The van der Waals surface area contributed by atoms with Crippen molar-refractivity contribution in [3.05, 3.63) is 42.2 Å². The zero-order valence-electron chi connectivity index (χ0n) is 14.5. The van der Waals surface area contributed by atoms with Crippen molar-refractivity contribution in [2.45, 2.75) is 11.5 Å².